The average molecular weight is 267 g/mol. The molecule has 0 aliphatic carbocycles. The molecule has 0 radical (unpaired) electrons. The van der Waals surface area contributed by atoms with Gasteiger partial charge in [-0.05, 0) is 32.4 Å². The van der Waals surface area contributed by atoms with Crippen molar-refractivity contribution in [1.29, 1.82) is 0 Å². The number of nitrogens with two attached hydrogens (primary N) is 1. The fourth-order valence-electron chi connectivity index (χ4n) is 2.15. The van der Waals surface area contributed by atoms with Gasteiger partial charge in [0.05, 0.1) is 0 Å². The molecule has 0 aromatic carbocycles. The van der Waals surface area contributed by atoms with Crippen LogP contribution in [0.5, 0.6) is 0 Å². The molecular formula is C11H23ClN2OS. The van der Waals surface area contributed by atoms with Crippen LogP contribution in [0.2, 0.25) is 0 Å². The maximum atomic E-state index is 11.9. The van der Waals surface area contributed by atoms with Crippen molar-refractivity contribution in [3.8, 4) is 0 Å². The summed E-state index contributed by atoms with van der Waals surface area (Å²) in [6, 6.07) is 0.372. The van der Waals surface area contributed by atoms with Gasteiger partial charge in [0.1, 0.15) is 0 Å². The number of likely N-dealkylation sites (tertiary alicyclic amines) is 1. The van der Waals surface area contributed by atoms with Crippen molar-refractivity contribution in [2.75, 3.05) is 18.6 Å². The largest absolute Gasteiger partial charge is 0.338 e. The Morgan fingerprint density at radius 1 is 1.56 bits per heavy atom. The summed E-state index contributed by atoms with van der Waals surface area (Å²) in [6.07, 6.45) is 6.10. The minimum absolute atomic E-state index is 0. The van der Waals surface area contributed by atoms with Crippen LogP contribution in [-0.4, -0.2) is 41.4 Å². The molecule has 2 unspecified atom stereocenters. The molecule has 0 spiro atoms. The lowest BCUT2D eigenvalue weighted by atomic mass is 9.96. The molecule has 2 atom stereocenters. The molecule has 0 aromatic heterocycles. The number of rotatable bonds is 4. The van der Waals surface area contributed by atoms with Crippen molar-refractivity contribution in [2.45, 2.75) is 44.7 Å². The standard InChI is InChI=1S/C11H22N2OS.ClH/c1-9(12)10-5-3-4-7-13(10)11(14)6-8-15-2;/h9-10H,3-8,12H2,1-2H3;1H. The van der Waals surface area contributed by atoms with Crippen LogP contribution >= 0.6 is 24.2 Å². The third kappa shape index (κ3) is 4.52. The van der Waals surface area contributed by atoms with Gasteiger partial charge in [0.15, 0.2) is 0 Å². The molecule has 1 fully saturated rings. The number of piperidine rings is 1. The number of thioether (sulfide) groups is 1. The second kappa shape index (κ2) is 8.20. The Bertz CT molecular complexity index is 214. The van der Waals surface area contributed by atoms with E-state index in [1.165, 1.54) is 6.42 Å². The highest BCUT2D eigenvalue weighted by molar-refractivity contribution is 7.98. The summed E-state index contributed by atoms with van der Waals surface area (Å²) in [6.45, 7) is 2.91. The second-order valence-electron chi connectivity index (χ2n) is 4.25. The monoisotopic (exact) mass is 266 g/mol. The molecule has 96 valence electrons. The lowest BCUT2D eigenvalue weighted by Gasteiger charge is -2.38. The van der Waals surface area contributed by atoms with Crippen LogP contribution in [0.25, 0.3) is 0 Å². The van der Waals surface area contributed by atoms with Gasteiger partial charge < -0.3 is 10.6 Å². The quantitative estimate of drug-likeness (QED) is 0.845. The highest BCUT2D eigenvalue weighted by Gasteiger charge is 2.28. The summed E-state index contributed by atoms with van der Waals surface area (Å²) in [7, 11) is 0. The molecule has 1 amide bonds. The number of halogens is 1. The zero-order valence-electron chi connectivity index (χ0n) is 10.1. The van der Waals surface area contributed by atoms with Gasteiger partial charge in [0, 0.05) is 30.8 Å². The van der Waals surface area contributed by atoms with E-state index in [1.807, 2.05) is 18.1 Å². The Balaban J connectivity index is 0.00000225. The van der Waals surface area contributed by atoms with Crippen molar-refractivity contribution in [2.24, 2.45) is 5.73 Å². The van der Waals surface area contributed by atoms with Gasteiger partial charge in [-0.15, -0.1) is 12.4 Å². The van der Waals surface area contributed by atoms with Crippen LogP contribution in [0.15, 0.2) is 0 Å². The number of hydrogen-bond acceptors (Lipinski definition) is 3. The predicted octanol–water partition coefficient (Wildman–Crippen LogP) is 1.89. The van der Waals surface area contributed by atoms with Crippen molar-refractivity contribution in [1.82, 2.24) is 4.90 Å². The van der Waals surface area contributed by atoms with E-state index in [1.54, 1.807) is 11.8 Å². The molecule has 0 aromatic rings. The molecule has 1 aliphatic rings. The molecule has 2 N–H and O–H groups in total. The molecule has 0 bridgehead atoms. The first kappa shape index (κ1) is 16.1. The third-order valence-electron chi connectivity index (χ3n) is 3.00. The summed E-state index contributed by atoms with van der Waals surface area (Å²) < 4.78 is 0. The van der Waals surface area contributed by atoms with Gasteiger partial charge in [-0.3, -0.25) is 4.79 Å². The highest BCUT2D eigenvalue weighted by Crippen LogP contribution is 2.20. The van der Waals surface area contributed by atoms with Crippen LogP contribution in [0, 0.1) is 0 Å². The molecule has 5 heteroatoms. The summed E-state index contributed by atoms with van der Waals surface area (Å²) >= 11 is 1.72. The van der Waals surface area contributed by atoms with Gasteiger partial charge in [-0.2, -0.15) is 11.8 Å². The van der Waals surface area contributed by atoms with Crippen LogP contribution in [0.4, 0.5) is 0 Å². The van der Waals surface area contributed by atoms with Crippen LogP contribution in [0.3, 0.4) is 0 Å². The lowest BCUT2D eigenvalue weighted by molar-refractivity contribution is -0.134. The summed E-state index contributed by atoms with van der Waals surface area (Å²) in [5.41, 5.74) is 5.92. The molecule has 1 aliphatic heterocycles. The zero-order valence-corrected chi connectivity index (χ0v) is 11.8. The van der Waals surface area contributed by atoms with Crippen molar-refractivity contribution >= 4 is 30.1 Å². The summed E-state index contributed by atoms with van der Waals surface area (Å²) in [4.78, 5) is 13.9. The summed E-state index contributed by atoms with van der Waals surface area (Å²) in [5.74, 6) is 1.20. The second-order valence-corrected chi connectivity index (χ2v) is 5.24. The predicted molar refractivity (Wildman–Crippen MR) is 73.2 cm³/mol. The van der Waals surface area contributed by atoms with E-state index >= 15 is 0 Å². The normalized spacial score (nSPS) is 22.4. The van der Waals surface area contributed by atoms with E-state index in [9.17, 15) is 4.79 Å². The number of amides is 1. The van der Waals surface area contributed by atoms with E-state index in [4.69, 9.17) is 5.73 Å². The van der Waals surface area contributed by atoms with E-state index in [-0.39, 0.29) is 30.4 Å². The fraction of sp³-hybridized carbons (Fsp3) is 0.909. The Kier molecular flexibility index (Phi) is 8.24. The average Bonchev–Trinajstić information content (AvgIpc) is 2.25. The first-order chi connectivity index (χ1) is 7.16. The molecule has 1 saturated heterocycles. The van der Waals surface area contributed by atoms with Crippen LogP contribution in [-0.2, 0) is 4.79 Å². The van der Waals surface area contributed by atoms with Gasteiger partial charge >= 0.3 is 0 Å². The minimum Gasteiger partial charge on any atom is -0.338 e. The van der Waals surface area contributed by atoms with Crippen molar-refractivity contribution in [3.05, 3.63) is 0 Å². The van der Waals surface area contributed by atoms with E-state index in [0.29, 0.717) is 6.42 Å². The third-order valence-corrected chi connectivity index (χ3v) is 3.61. The maximum absolute atomic E-state index is 11.9. The lowest BCUT2D eigenvalue weighted by Crippen LogP contribution is -2.51. The van der Waals surface area contributed by atoms with E-state index in [2.05, 4.69) is 0 Å². The van der Waals surface area contributed by atoms with E-state index in [0.717, 1.165) is 25.1 Å². The first-order valence-corrected chi connectivity index (χ1v) is 7.10. The van der Waals surface area contributed by atoms with E-state index < -0.39 is 0 Å². The molecule has 3 nitrogen and oxygen atoms in total. The van der Waals surface area contributed by atoms with Gasteiger partial charge in [-0.25, -0.2) is 0 Å². The number of carbonyl (C=O) groups is 1. The maximum Gasteiger partial charge on any atom is 0.223 e. The molecular weight excluding hydrogens is 244 g/mol. The van der Waals surface area contributed by atoms with Crippen molar-refractivity contribution in [3.63, 3.8) is 0 Å². The zero-order chi connectivity index (χ0) is 11.3. The van der Waals surface area contributed by atoms with Crippen molar-refractivity contribution < 1.29 is 4.79 Å². The first-order valence-electron chi connectivity index (χ1n) is 5.70. The highest BCUT2D eigenvalue weighted by atomic mass is 35.5. The molecule has 16 heavy (non-hydrogen) atoms. The Morgan fingerprint density at radius 2 is 2.25 bits per heavy atom. The number of hydrogen-bond donors (Lipinski definition) is 1. The van der Waals surface area contributed by atoms with Gasteiger partial charge in [0.2, 0.25) is 5.91 Å². The molecule has 1 heterocycles. The Hall–Kier alpha value is 0.0700. The Labute approximate surface area is 109 Å². The Morgan fingerprint density at radius 3 is 2.81 bits per heavy atom. The van der Waals surface area contributed by atoms with Gasteiger partial charge in [0.25, 0.3) is 0 Å². The molecule has 1 rings (SSSR count). The summed E-state index contributed by atoms with van der Waals surface area (Å²) in [5, 5.41) is 0. The number of nitrogens with zero attached hydrogens (tertiary/aromatic N) is 1. The van der Waals surface area contributed by atoms with Crippen LogP contribution in [0.1, 0.15) is 32.6 Å². The molecule has 0 saturated carbocycles. The van der Waals surface area contributed by atoms with Crippen LogP contribution < -0.4 is 5.73 Å². The smallest absolute Gasteiger partial charge is 0.223 e. The fourth-order valence-corrected chi connectivity index (χ4v) is 2.53. The SMILES string of the molecule is CSCCC(=O)N1CCCCC1C(C)N.Cl. The van der Waals surface area contributed by atoms with Gasteiger partial charge in [-0.1, -0.05) is 0 Å². The minimum atomic E-state index is 0. The number of carbonyl (C=O) groups excluding carboxylic acids is 1. The topological polar surface area (TPSA) is 46.3 Å².